The number of imide groups is 1. The standard InChI is InChI=1S/C14H15FN2O5/c1-8(12(18)17-6-5-16-14(17)20)22-13(19)10-4-3-9(21-2)7-11(10)15/h3-4,7-8H,5-6H2,1-2H3,(H,16,20)/t8-/m1/s1. The van der Waals surface area contributed by atoms with Gasteiger partial charge in [0.15, 0.2) is 6.10 Å². The van der Waals surface area contributed by atoms with Crippen molar-refractivity contribution in [1.82, 2.24) is 10.2 Å². The van der Waals surface area contributed by atoms with Crippen molar-refractivity contribution in [1.29, 1.82) is 0 Å². The van der Waals surface area contributed by atoms with Crippen LogP contribution in [0.15, 0.2) is 18.2 Å². The second-order valence-corrected chi connectivity index (χ2v) is 4.62. The van der Waals surface area contributed by atoms with Gasteiger partial charge in [-0.2, -0.15) is 0 Å². The zero-order valence-electron chi connectivity index (χ0n) is 12.1. The van der Waals surface area contributed by atoms with Gasteiger partial charge in [0.05, 0.1) is 12.7 Å². The van der Waals surface area contributed by atoms with E-state index in [9.17, 15) is 18.8 Å². The van der Waals surface area contributed by atoms with Crippen molar-refractivity contribution in [3.63, 3.8) is 0 Å². The van der Waals surface area contributed by atoms with Gasteiger partial charge in [0.25, 0.3) is 5.91 Å². The number of carbonyl (C=O) groups excluding carboxylic acids is 3. The van der Waals surface area contributed by atoms with Gasteiger partial charge in [0.2, 0.25) is 0 Å². The lowest BCUT2D eigenvalue weighted by molar-refractivity contribution is -0.136. The third-order valence-corrected chi connectivity index (χ3v) is 3.15. The van der Waals surface area contributed by atoms with Crippen LogP contribution in [0.4, 0.5) is 9.18 Å². The number of hydrogen-bond donors (Lipinski definition) is 1. The molecule has 1 atom stereocenters. The third-order valence-electron chi connectivity index (χ3n) is 3.15. The van der Waals surface area contributed by atoms with E-state index in [1.54, 1.807) is 0 Å². The first kappa shape index (κ1) is 15.7. The number of methoxy groups -OCH3 is 1. The smallest absolute Gasteiger partial charge is 0.341 e. The summed E-state index contributed by atoms with van der Waals surface area (Å²) in [6.07, 6.45) is -1.20. The van der Waals surface area contributed by atoms with Crippen molar-refractivity contribution in [2.24, 2.45) is 0 Å². The van der Waals surface area contributed by atoms with Gasteiger partial charge in [-0.05, 0) is 19.1 Å². The molecular formula is C14H15FN2O5. The average molecular weight is 310 g/mol. The van der Waals surface area contributed by atoms with Crippen molar-refractivity contribution >= 4 is 17.9 Å². The first-order chi connectivity index (χ1) is 10.4. The quantitative estimate of drug-likeness (QED) is 0.836. The Balaban J connectivity index is 2.05. The maximum absolute atomic E-state index is 13.8. The molecule has 1 fully saturated rings. The Hall–Kier alpha value is -2.64. The van der Waals surface area contributed by atoms with Crippen molar-refractivity contribution < 1.29 is 28.2 Å². The Bertz CT molecular complexity index is 619. The minimum absolute atomic E-state index is 0.205. The van der Waals surface area contributed by atoms with Crippen LogP contribution < -0.4 is 10.1 Å². The molecular weight excluding hydrogens is 295 g/mol. The SMILES string of the molecule is COc1ccc(C(=O)O[C@H](C)C(=O)N2CCNC2=O)c(F)c1. The fourth-order valence-corrected chi connectivity index (χ4v) is 1.96. The van der Waals surface area contributed by atoms with E-state index in [2.05, 4.69) is 5.32 Å². The molecule has 7 nitrogen and oxygen atoms in total. The summed E-state index contributed by atoms with van der Waals surface area (Å²) in [7, 11) is 1.37. The number of halogens is 1. The highest BCUT2D eigenvalue weighted by molar-refractivity contribution is 5.99. The Labute approximate surface area is 126 Å². The van der Waals surface area contributed by atoms with Gasteiger partial charge in [-0.1, -0.05) is 0 Å². The maximum atomic E-state index is 13.8. The molecule has 22 heavy (non-hydrogen) atoms. The summed E-state index contributed by atoms with van der Waals surface area (Å²) in [4.78, 5) is 36.2. The summed E-state index contributed by atoms with van der Waals surface area (Å²) in [5.41, 5.74) is -0.314. The zero-order chi connectivity index (χ0) is 16.3. The van der Waals surface area contributed by atoms with Crippen LogP contribution in [0.1, 0.15) is 17.3 Å². The Kier molecular flexibility index (Phi) is 4.59. The summed E-state index contributed by atoms with van der Waals surface area (Å²) in [5.74, 6) is -2.20. The molecule has 0 spiro atoms. The normalized spacial score (nSPS) is 15.2. The van der Waals surface area contributed by atoms with Crippen LogP contribution in [-0.4, -0.2) is 49.1 Å². The molecule has 0 aliphatic carbocycles. The number of hydrogen-bond acceptors (Lipinski definition) is 5. The van der Waals surface area contributed by atoms with E-state index in [1.165, 1.54) is 26.2 Å². The Morgan fingerprint density at radius 2 is 2.14 bits per heavy atom. The van der Waals surface area contributed by atoms with Crippen LogP contribution >= 0.6 is 0 Å². The highest BCUT2D eigenvalue weighted by Gasteiger charge is 2.32. The number of nitrogens with one attached hydrogen (secondary N) is 1. The summed E-state index contributed by atoms with van der Waals surface area (Å²) in [5, 5.41) is 2.46. The zero-order valence-corrected chi connectivity index (χ0v) is 12.1. The van der Waals surface area contributed by atoms with Gasteiger partial charge >= 0.3 is 12.0 Å². The van der Waals surface area contributed by atoms with Gasteiger partial charge < -0.3 is 14.8 Å². The van der Waals surface area contributed by atoms with Crippen LogP contribution in [0.5, 0.6) is 5.75 Å². The van der Waals surface area contributed by atoms with E-state index in [0.29, 0.717) is 6.54 Å². The molecule has 1 aromatic carbocycles. The van der Waals surface area contributed by atoms with E-state index >= 15 is 0 Å². The second-order valence-electron chi connectivity index (χ2n) is 4.62. The van der Waals surface area contributed by atoms with Crippen molar-refractivity contribution in [2.75, 3.05) is 20.2 Å². The van der Waals surface area contributed by atoms with E-state index in [0.717, 1.165) is 11.0 Å². The lowest BCUT2D eigenvalue weighted by Crippen LogP contribution is -2.41. The van der Waals surface area contributed by atoms with Crippen LogP contribution in [0.2, 0.25) is 0 Å². The number of ether oxygens (including phenoxy) is 2. The summed E-state index contributed by atoms with van der Waals surface area (Å²) < 4.78 is 23.5. The first-order valence-electron chi connectivity index (χ1n) is 6.57. The second kappa shape index (κ2) is 6.42. The summed E-state index contributed by atoms with van der Waals surface area (Å²) in [6.45, 7) is 1.88. The number of amides is 3. The topological polar surface area (TPSA) is 84.9 Å². The molecule has 0 saturated carbocycles. The minimum Gasteiger partial charge on any atom is -0.497 e. The molecule has 1 aromatic rings. The van der Waals surface area contributed by atoms with Crippen molar-refractivity contribution in [3.8, 4) is 5.75 Å². The molecule has 1 N–H and O–H groups in total. The average Bonchev–Trinajstić information content (AvgIpc) is 2.92. The Morgan fingerprint density at radius 3 is 2.68 bits per heavy atom. The number of rotatable bonds is 4. The lowest BCUT2D eigenvalue weighted by atomic mass is 10.2. The van der Waals surface area contributed by atoms with Gasteiger partial charge in [-0.25, -0.2) is 14.0 Å². The molecule has 0 radical (unpaired) electrons. The molecule has 1 aliphatic heterocycles. The predicted octanol–water partition coefficient (Wildman–Crippen LogP) is 0.931. The number of urea groups is 1. The molecule has 8 heteroatoms. The fourth-order valence-electron chi connectivity index (χ4n) is 1.96. The van der Waals surface area contributed by atoms with Gasteiger partial charge in [0.1, 0.15) is 11.6 Å². The molecule has 0 unspecified atom stereocenters. The maximum Gasteiger partial charge on any atom is 0.341 e. The number of nitrogens with zero attached hydrogens (tertiary/aromatic N) is 1. The number of benzene rings is 1. The van der Waals surface area contributed by atoms with Gasteiger partial charge in [0, 0.05) is 19.2 Å². The minimum atomic E-state index is -1.20. The summed E-state index contributed by atoms with van der Waals surface area (Å²) >= 11 is 0. The number of carbonyl (C=O) groups is 3. The van der Waals surface area contributed by atoms with Gasteiger partial charge in [-0.3, -0.25) is 9.69 Å². The van der Waals surface area contributed by atoms with Crippen LogP contribution in [-0.2, 0) is 9.53 Å². The highest BCUT2D eigenvalue weighted by Crippen LogP contribution is 2.18. The molecule has 118 valence electrons. The predicted molar refractivity (Wildman–Crippen MR) is 72.9 cm³/mol. The molecule has 0 bridgehead atoms. The first-order valence-corrected chi connectivity index (χ1v) is 6.57. The van der Waals surface area contributed by atoms with Crippen molar-refractivity contribution in [3.05, 3.63) is 29.6 Å². The molecule has 1 saturated heterocycles. The third kappa shape index (κ3) is 3.16. The molecule has 0 aromatic heterocycles. The molecule has 2 rings (SSSR count). The highest BCUT2D eigenvalue weighted by atomic mass is 19.1. The largest absolute Gasteiger partial charge is 0.497 e. The van der Waals surface area contributed by atoms with E-state index in [-0.39, 0.29) is 17.9 Å². The van der Waals surface area contributed by atoms with Crippen LogP contribution in [0.25, 0.3) is 0 Å². The summed E-state index contributed by atoms with van der Waals surface area (Å²) in [6, 6.07) is 3.11. The number of esters is 1. The molecule has 3 amide bonds. The fraction of sp³-hybridized carbons (Fsp3) is 0.357. The van der Waals surface area contributed by atoms with E-state index in [1.807, 2.05) is 0 Å². The Morgan fingerprint density at radius 1 is 1.41 bits per heavy atom. The van der Waals surface area contributed by atoms with Crippen LogP contribution in [0.3, 0.4) is 0 Å². The molecule has 1 heterocycles. The van der Waals surface area contributed by atoms with Gasteiger partial charge in [-0.15, -0.1) is 0 Å². The van der Waals surface area contributed by atoms with E-state index in [4.69, 9.17) is 9.47 Å². The monoisotopic (exact) mass is 310 g/mol. The lowest BCUT2D eigenvalue weighted by Gasteiger charge is -2.18. The molecule has 1 aliphatic rings. The van der Waals surface area contributed by atoms with E-state index < -0.39 is 29.8 Å². The van der Waals surface area contributed by atoms with Crippen molar-refractivity contribution in [2.45, 2.75) is 13.0 Å². The van der Waals surface area contributed by atoms with Crippen LogP contribution in [0, 0.1) is 5.82 Å².